The standard InChI is InChI=1S/C18H29N3O.2ClH/c1-14-6-5-9-21(12-14)13-17-8-4-3-7-16(17)11-20-18(22)15(2)10-19;;/h3-4,7-8,14-15H,5-6,9-13,19H2,1-2H3,(H,20,22);2*1H. The highest BCUT2D eigenvalue weighted by atomic mass is 35.5. The van der Waals surface area contributed by atoms with Crippen LogP contribution in [-0.4, -0.2) is 30.4 Å². The maximum absolute atomic E-state index is 11.9. The van der Waals surface area contributed by atoms with Crippen molar-refractivity contribution in [3.63, 3.8) is 0 Å². The summed E-state index contributed by atoms with van der Waals surface area (Å²) in [6.07, 6.45) is 2.62. The van der Waals surface area contributed by atoms with Crippen molar-refractivity contribution in [1.29, 1.82) is 0 Å². The van der Waals surface area contributed by atoms with Crippen LogP contribution in [0.15, 0.2) is 24.3 Å². The topological polar surface area (TPSA) is 58.4 Å². The molecule has 0 aromatic heterocycles. The Kier molecular flexibility index (Phi) is 11.3. The van der Waals surface area contributed by atoms with Crippen molar-refractivity contribution in [3.8, 4) is 0 Å². The number of piperidine rings is 1. The molecule has 1 aromatic carbocycles. The number of carbonyl (C=O) groups is 1. The quantitative estimate of drug-likeness (QED) is 0.803. The summed E-state index contributed by atoms with van der Waals surface area (Å²) in [7, 11) is 0. The van der Waals surface area contributed by atoms with Crippen LogP contribution in [0.5, 0.6) is 0 Å². The molecule has 1 aromatic rings. The zero-order chi connectivity index (χ0) is 15.9. The molecule has 2 rings (SSSR count). The molecule has 2 unspecified atom stereocenters. The van der Waals surface area contributed by atoms with E-state index in [0.717, 1.165) is 12.5 Å². The van der Waals surface area contributed by atoms with Crippen molar-refractivity contribution < 1.29 is 4.79 Å². The molecule has 24 heavy (non-hydrogen) atoms. The number of carbonyl (C=O) groups excluding carboxylic acids is 1. The van der Waals surface area contributed by atoms with Crippen molar-refractivity contribution in [3.05, 3.63) is 35.4 Å². The van der Waals surface area contributed by atoms with Crippen molar-refractivity contribution in [1.82, 2.24) is 10.2 Å². The summed E-state index contributed by atoms with van der Waals surface area (Å²) in [5.74, 6) is 0.685. The first kappa shape index (κ1) is 23.2. The first-order valence-corrected chi connectivity index (χ1v) is 8.37. The van der Waals surface area contributed by atoms with Gasteiger partial charge < -0.3 is 11.1 Å². The number of hydrogen-bond donors (Lipinski definition) is 2. The van der Waals surface area contributed by atoms with Gasteiger partial charge in [-0.1, -0.05) is 38.1 Å². The van der Waals surface area contributed by atoms with Gasteiger partial charge in [-0.05, 0) is 36.4 Å². The van der Waals surface area contributed by atoms with Crippen LogP contribution in [-0.2, 0) is 17.9 Å². The van der Waals surface area contributed by atoms with Gasteiger partial charge in [0.1, 0.15) is 0 Å². The van der Waals surface area contributed by atoms with E-state index >= 15 is 0 Å². The monoisotopic (exact) mass is 375 g/mol. The summed E-state index contributed by atoms with van der Waals surface area (Å²) in [6, 6.07) is 8.40. The van der Waals surface area contributed by atoms with Crippen LogP contribution < -0.4 is 11.1 Å². The van der Waals surface area contributed by atoms with Gasteiger partial charge in [0.2, 0.25) is 5.91 Å². The third kappa shape index (κ3) is 6.98. The Morgan fingerprint density at radius 2 is 2.00 bits per heavy atom. The second kappa shape index (κ2) is 11.7. The number of halogens is 2. The Balaban J connectivity index is 0.00000264. The Hall–Kier alpha value is -0.810. The molecule has 1 aliphatic rings. The third-order valence-electron chi connectivity index (χ3n) is 4.51. The zero-order valence-corrected chi connectivity index (χ0v) is 16.3. The maximum Gasteiger partial charge on any atom is 0.224 e. The summed E-state index contributed by atoms with van der Waals surface area (Å²) in [6.45, 7) is 8.48. The van der Waals surface area contributed by atoms with Crippen LogP contribution in [0.4, 0.5) is 0 Å². The number of benzene rings is 1. The number of nitrogens with two attached hydrogens (primary N) is 1. The highest BCUT2D eigenvalue weighted by Crippen LogP contribution is 2.19. The second-order valence-corrected chi connectivity index (χ2v) is 6.61. The van der Waals surface area contributed by atoms with Crippen LogP contribution in [0, 0.1) is 11.8 Å². The Morgan fingerprint density at radius 1 is 1.33 bits per heavy atom. The first-order chi connectivity index (χ1) is 10.6. The highest BCUT2D eigenvalue weighted by molar-refractivity contribution is 5.85. The lowest BCUT2D eigenvalue weighted by molar-refractivity contribution is -0.124. The second-order valence-electron chi connectivity index (χ2n) is 6.61. The summed E-state index contributed by atoms with van der Waals surface area (Å²) in [4.78, 5) is 14.4. The molecule has 1 aliphatic heterocycles. The Bertz CT molecular complexity index is 499. The molecule has 0 aliphatic carbocycles. The molecule has 0 spiro atoms. The van der Waals surface area contributed by atoms with E-state index < -0.39 is 0 Å². The van der Waals surface area contributed by atoms with E-state index in [4.69, 9.17) is 5.73 Å². The van der Waals surface area contributed by atoms with Crippen LogP contribution >= 0.6 is 24.8 Å². The Labute approximate surface area is 158 Å². The van der Waals surface area contributed by atoms with Gasteiger partial charge in [0.15, 0.2) is 0 Å². The van der Waals surface area contributed by atoms with Crippen LogP contribution in [0.3, 0.4) is 0 Å². The number of likely N-dealkylation sites (tertiary alicyclic amines) is 1. The number of nitrogens with one attached hydrogen (secondary N) is 1. The van der Waals surface area contributed by atoms with Gasteiger partial charge in [-0.25, -0.2) is 0 Å². The zero-order valence-electron chi connectivity index (χ0n) is 14.7. The average molecular weight is 376 g/mol. The molecule has 0 bridgehead atoms. The summed E-state index contributed by atoms with van der Waals surface area (Å²) in [5.41, 5.74) is 8.06. The fraction of sp³-hybridized carbons (Fsp3) is 0.611. The number of rotatable bonds is 6. The summed E-state index contributed by atoms with van der Waals surface area (Å²) in [5, 5.41) is 3.00. The molecule has 4 nitrogen and oxygen atoms in total. The van der Waals surface area contributed by atoms with Crippen LogP contribution in [0.2, 0.25) is 0 Å². The fourth-order valence-corrected chi connectivity index (χ4v) is 3.02. The van der Waals surface area contributed by atoms with Gasteiger partial charge in [0.05, 0.1) is 0 Å². The van der Waals surface area contributed by atoms with Crippen molar-refractivity contribution in [2.24, 2.45) is 17.6 Å². The third-order valence-corrected chi connectivity index (χ3v) is 4.51. The lowest BCUT2D eigenvalue weighted by Gasteiger charge is -2.31. The molecule has 138 valence electrons. The molecule has 0 saturated carbocycles. The normalized spacial score (nSPS) is 18.9. The van der Waals surface area contributed by atoms with E-state index in [1.54, 1.807) is 0 Å². The average Bonchev–Trinajstić information content (AvgIpc) is 2.53. The van der Waals surface area contributed by atoms with Gasteiger partial charge in [-0.15, -0.1) is 24.8 Å². The molecular weight excluding hydrogens is 345 g/mol. The van der Waals surface area contributed by atoms with E-state index in [1.807, 2.05) is 13.0 Å². The van der Waals surface area contributed by atoms with Gasteiger partial charge in [0.25, 0.3) is 0 Å². The smallest absolute Gasteiger partial charge is 0.224 e. The van der Waals surface area contributed by atoms with E-state index in [9.17, 15) is 4.79 Å². The predicted octanol–water partition coefficient (Wildman–Crippen LogP) is 2.97. The minimum Gasteiger partial charge on any atom is -0.352 e. The highest BCUT2D eigenvalue weighted by Gasteiger charge is 2.17. The van der Waals surface area contributed by atoms with E-state index in [2.05, 4.69) is 35.3 Å². The van der Waals surface area contributed by atoms with Crippen LogP contribution in [0.25, 0.3) is 0 Å². The van der Waals surface area contributed by atoms with E-state index in [0.29, 0.717) is 13.1 Å². The molecule has 6 heteroatoms. The first-order valence-electron chi connectivity index (χ1n) is 8.37. The summed E-state index contributed by atoms with van der Waals surface area (Å²) >= 11 is 0. The molecule has 1 amide bonds. The predicted molar refractivity (Wildman–Crippen MR) is 105 cm³/mol. The lowest BCUT2D eigenvalue weighted by atomic mass is 9.99. The van der Waals surface area contributed by atoms with Crippen molar-refractivity contribution >= 4 is 30.7 Å². The summed E-state index contributed by atoms with van der Waals surface area (Å²) < 4.78 is 0. The lowest BCUT2D eigenvalue weighted by Crippen LogP contribution is -2.35. The van der Waals surface area contributed by atoms with Crippen molar-refractivity contribution in [2.45, 2.75) is 39.8 Å². The molecule has 0 radical (unpaired) electrons. The van der Waals surface area contributed by atoms with Crippen LogP contribution in [0.1, 0.15) is 37.8 Å². The molecule has 1 saturated heterocycles. The minimum absolute atomic E-state index is 0. The van der Waals surface area contributed by atoms with Gasteiger partial charge in [-0.3, -0.25) is 9.69 Å². The number of nitrogens with zero attached hydrogens (tertiary/aromatic N) is 1. The minimum atomic E-state index is -0.130. The number of amides is 1. The molecular formula is C18H31Cl2N3O. The van der Waals surface area contributed by atoms with E-state index in [1.165, 1.54) is 37.1 Å². The van der Waals surface area contributed by atoms with Gasteiger partial charge in [-0.2, -0.15) is 0 Å². The van der Waals surface area contributed by atoms with E-state index in [-0.39, 0.29) is 36.6 Å². The largest absolute Gasteiger partial charge is 0.352 e. The van der Waals surface area contributed by atoms with Crippen molar-refractivity contribution in [2.75, 3.05) is 19.6 Å². The Morgan fingerprint density at radius 3 is 2.62 bits per heavy atom. The fourth-order valence-electron chi connectivity index (χ4n) is 3.02. The van der Waals surface area contributed by atoms with Gasteiger partial charge >= 0.3 is 0 Å². The molecule has 3 N–H and O–H groups in total. The SMILES string of the molecule is CC1CCCN(Cc2ccccc2CNC(=O)C(C)CN)C1.Cl.Cl. The molecule has 1 fully saturated rings. The maximum atomic E-state index is 11.9. The number of hydrogen-bond acceptors (Lipinski definition) is 3. The molecule has 2 atom stereocenters. The van der Waals surface area contributed by atoms with Gasteiger partial charge in [0, 0.05) is 32.1 Å². The molecule has 1 heterocycles.